The van der Waals surface area contributed by atoms with Gasteiger partial charge in [0.1, 0.15) is 11.5 Å². The summed E-state index contributed by atoms with van der Waals surface area (Å²) in [6.45, 7) is 15.7. The lowest BCUT2D eigenvalue weighted by Gasteiger charge is -2.48. The molecule has 1 aliphatic heterocycles. The van der Waals surface area contributed by atoms with E-state index >= 15 is 0 Å². The maximum atomic E-state index is 13.8. The molecule has 4 nitrogen and oxygen atoms in total. The van der Waals surface area contributed by atoms with Crippen molar-refractivity contribution in [2.75, 3.05) is 13.2 Å². The molecule has 5 rings (SSSR count). The van der Waals surface area contributed by atoms with Crippen molar-refractivity contribution < 1.29 is 18.7 Å². The van der Waals surface area contributed by atoms with E-state index in [-0.39, 0.29) is 16.7 Å². The molecule has 1 aromatic rings. The highest BCUT2D eigenvalue weighted by Gasteiger charge is 2.57. The van der Waals surface area contributed by atoms with Crippen molar-refractivity contribution in [1.82, 2.24) is 0 Å². The van der Waals surface area contributed by atoms with Crippen LogP contribution in [0.15, 0.2) is 18.2 Å². The molecule has 0 N–H and O–H groups in total. The first kappa shape index (κ1) is 36.1. The van der Waals surface area contributed by atoms with Crippen LogP contribution in [0.1, 0.15) is 160 Å². The van der Waals surface area contributed by atoms with Gasteiger partial charge in [0.25, 0.3) is 0 Å². The van der Waals surface area contributed by atoms with Crippen LogP contribution in [0.25, 0.3) is 0 Å². The van der Waals surface area contributed by atoms with Crippen LogP contribution in [0.2, 0.25) is 18.1 Å². The van der Waals surface area contributed by atoms with Gasteiger partial charge in [-0.25, -0.2) is 0 Å². The Kier molecular flexibility index (Phi) is 12.6. The minimum atomic E-state index is -1.85. The quantitative estimate of drug-likeness (QED) is 0.132. The summed E-state index contributed by atoms with van der Waals surface area (Å²) in [5, 5.41) is 0.202. The van der Waals surface area contributed by atoms with Gasteiger partial charge in [-0.1, -0.05) is 91.5 Å². The normalized spacial score (nSPS) is 29.7. The maximum Gasteiger partial charge on any atom is 0.250 e. The number of carbonyl (C=O) groups is 1. The number of ketones is 1. The van der Waals surface area contributed by atoms with Crippen molar-refractivity contribution in [1.29, 1.82) is 0 Å². The number of benzene rings is 1. The number of carbonyl (C=O) groups excluding carboxylic acids is 1. The Hall–Kier alpha value is -1.17. The van der Waals surface area contributed by atoms with Gasteiger partial charge in [-0.3, -0.25) is 4.79 Å². The monoisotopic (exact) mass is 652 g/mol. The zero-order valence-electron chi connectivity index (χ0n) is 30.6. The molecule has 1 saturated heterocycles. The number of ether oxygens (including phenoxy) is 2. The molecule has 1 aromatic carbocycles. The van der Waals surface area contributed by atoms with Gasteiger partial charge >= 0.3 is 0 Å². The minimum Gasteiger partial charge on any atom is -0.543 e. The van der Waals surface area contributed by atoms with E-state index in [0.717, 1.165) is 51.1 Å². The predicted molar refractivity (Wildman–Crippen MR) is 193 cm³/mol. The van der Waals surface area contributed by atoms with E-state index in [1.54, 1.807) is 5.56 Å². The predicted octanol–water partition coefficient (Wildman–Crippen LogP) is 11.6. The van der Waals surface area contributed by atoms with Crippen LogP contribution in [-0.2, 0) is 20.7 Å². The van der Waals surface area contributed by atoms with Crippen LogP contribution in [0.4, 0.5) is 0 Å². The third-order valence-electron chi connectivity index (χ3n) is 13.1. The van der Waals surface area contributed by atoms with E-state index < -0.39 is 8.32 Å². The topological polar surface area (TPSA) is 44.8 Å². The molecule has 2 saturated carbocycles. The van der Waals surface area contributed by atoms with Gasteiger partial charge in [-0.15, -0.1) is 0 Å². The fraction of sp³-hybridized carbons (Fsp3) is 0.829. The van der Waals surface area contributed by atoms with Crippen molar-refractivity contribution in [3.05, 3.63) is 29.3 Å². The van der Waals surface area contributed by atoms with Crippen molar-refractivity contribution in [2.45, 2.75) is 180 Å². The molecule has 3 aliphatic carbocycles. The standard InChI is InChI=1S/C41H68O4Si/c1-40(2,3)46(5,6)45-33-22-24-34-31(29-33)21-23-36-35(34)25-26-41(4)37(36)30-32(39(41)42)19-15-13-11-9-7-8-10-12-14-17-27-43-38-20-16-18-28-44-38/h22,24,29,32,35-38H,7-21,23,25-28,30H2,1-6H3/t32?,35-,36-,37+,38?,41+/m1/s1. The zero-order chi connectivity index (χ0) is 32.8. The van der Waals surface area contributed by atoms with Crippen LogP contribution in [0, 0.1) is 23.2 Å². The molecule has 46 heavy (non-hydrogen) atoms. The molecule has 4 aliphatic rings. The van der Waals surface area contributed by atoms with Gasteiger partial charge in [-0.05, 0) is 123 Å². The Morgan fingerprint density at radius 2 is 1.61 bits per heavy atom. The molecule has 0 spiro atoms. The van der Waals surface area contributed by atoms with E-state index in [0.29, 0.717) is 29.5 Å². The Labute approximate surface area is 283 Å². The summed E-state index contributed by atoms with van der Waals surface area (Å²) in [6.07, 6.45) is 23.6. The van der Waals surface area contributed by atoms with Gasteiger partial charge in [0.2, 0.25) is 8.32 Å². The second-order valence-corrected chi connectivity index (χ2v) is 22.1. The van der Waals surface area contributed by atoms with Gasteiger partial charge in [-0.2, -0.15) is 0 Å². The molecule has 0 amide bonds. The smallest absolute Gasteiger partial charge is 0.250 e. The van der Waals surface area contributed by atoms with E-state index in [4.69, 9.17) is 13.9 Å². The highest BCUT2D eigenvalue weighted by molar-refractivity contribution is 6.74. The number of rotatable bonds is 16. The van der Waals surface area contributed by atoms with Gasteiger partial charge in [0, 0.05) is 24.5 Å². The summed E-state index contributed by atoms with van der Waals surface area (Å²) >= 11 is 0. The van der Waals surface area contributed by atoms with Crippen LogP contribution in [0.3, 0.4) is 0 Å². The number of fused-ring (bicyclic) bond motifs is 5. The van der Waals surface area contributed by atoms with Crippen LogP contribution in [-0.4, -0.2) is 33.6 Å². The molecule has 0 bridgehead atoms. The van der Waals surface area contributed by atoms with E-state index in [2.05, 4.69) is 59.0 Å². The van der Waals surface area contributed by atoms with Gasteiger partial charge in [0.05, 0.1) is 0 Å². The first-order chi connectivity index (χ1) is 22.0. The van der Waals surface area contributed by atoms with E-state index in [1.807, 2.05) is 0 Å². The zero-order valence-corrected chi connectivity index (χ0v) is 31.6. The summed E-state index contributed by atoms with van der Waals surface area (Å²) in [7, 11) is -1.85. The molecule has 1 heterocycles. The Morgan fingerprint density at radius 1 is 0.913 bits per heavy atom. The highest BCUT2D eigenvalue weighted by Crippen LogP contribution is 2.61. The second kappa shape index (κ2) is 16.0. The number of unbranched alkanes of at least 4 members (excludes halogenated alkanes) is 9. The first-order valence-electron chi connectivity index (χ1n) is 19.6. The van der Waals surface area contributed by atoms with E-state index in [9.17, 15) is 4.79 Å². The van der Waals surface area contributed by atoms with Gasteiger partial charge < -0.3 is 13.9 Å². The molecule has 0 aromatic heterocycles. The fourth-order valence-corrected chi connectivity index (χ4v) is 10.2. The molecule has 0 radical (unpaired) electrons. The molecular weight excluding hydrogens is 585 g/mol. The first-order valence-corrected chi connectivity index (χ1v) is 22.5. The van der Waals surface area contributed by atoms with Crippen molar-refractivity contribution in [3.63, 3.8) is 0 Å². The van der Waals surface area contributed by atoms with Crippen molar-refractivity contribution in [3.8, 4) is 5.75 Å². The van der Waals surface area contributed by atoms with E-state index in [1.165, 1.54) is 95.5 Å². The summed E-state index contributed by atoms with van der Waals surface area (Å²) in [5.74, 6) is 3.88. The van der Waals surface area contributed by atoms with Gasteiger partial charge in [0.15, 0.2) is 6.29 Å². The molecule has 2 unspecified atom stereocenters. The number of hydrogen-bond donors (Lipinski definition) is 0. The van der Waals surface area contributed by atoms with Crippen molar-refractivity contribution >= 4 is 14.1 Å². The lowest BCUT2D eigenvalue weighted by molar-refractivity contribution is -0.162. The average Bonchev–Trinajstić information content (AvgIpc) is 3.28. The molecule has 3 fully saturated rings. The minimum absolute atomic E-state index is 0.0675. The summed E-state index contributed by atoms with van der Waals surface area (Å²) in [5.41, 5.74) is 3.00. The second-order valence-electron chi connectivity index (χ2n) is 17.4. The van der Waals surface area contributed by atoms with Crippen LogP contribution in [0.5, 0.6) is 5.75 Å². The Morgan fingerprint density at radius 3 is 2.28 bits per heavy atom. The molecular formula is C41H68O4Si. The number of hydrogen-bond acceptors (Lipinski definition) is 4. The molecule has 260 valence electrons. The fourth-order valence-electron chi connectivity index (χ4n) is 9.22. The van der Waals surface area contributed by atoms with Crippen LogP contribution >= 0.6 is 0 Å². The lowest BCUT2D eigenvalue weighted by Crippen LogP contribution is -2.44. The highest BCUT2D eigenvalue weighted by atomic mass is 28.4. The van der Waals surface area contributed by atoms with Crippen LogP contribution < -0.4 is 4.43 Å². The number of Topliss-reactive ketones (excluding diaryl/α,β-unsaturated/α-hetero) is 1. The average molecular weight is 653 g/mol. The summed E-state index contributed by atoms with van der Waals surface area (Å²) in [6, 6.07) is 7.02. The maximum absolute atomic E-state index is 13.8. The SMILES string of the molecule is CC(C)(C)[Si](C)(C)Oc1ccc2c(c1)CC[C@@H]1[C@@H]2CC[C@]2(C)C(=O)C(CCCCCCCCCCCCOC3CCCCO3)C[C@@H]12. The summed E-state index contributed by atoms with van der Waals surface area (Å²) < 4.78 is 18.2. The third-order valence-corrected chi connectivity index (χ3v) is 17.5. The van der Waals surface area contributed by atoms with Crippen molar-refractivity contribution in [2.24, 2.45) is 23.2 Å². The number of aryl methyl sites for hydroxylation is 1. The lowest BCUT2D eigenvalue weighted by atomic mass is 9.55. The molecule has 5 heteroatoms. The third kappa shape index (κ3) is 8.70. The largest absolute Gasteiger partial charge is 0.543 e. The molecule has 6 atom stereocenters. The Balaban J connectivity index is 0.983. The Bertz CT molecular complexity index is 1120. The summed E-state index contributed by atoms with van der Waals surface area (Å²) in [4.78, 5) is 13.8.